The monoisotopic (exact) mass is 419 g/mol. The lowest BCUT2D eigenvalue weighted by molar-refractivity contribution is -0.142. The largest absolute Gasteiger partial charge is 0.493 e. The topological polar surface area (TPSA) is 72.6 Å². The van der Waals surface area contributed by atoms with Crippen molar-refractivity contribution in [3.63, 3.8) is 0 Å². The number of benzene rings is 2. The maximum Gasteiger partial charge on any atom is 0.307 e. The van der Waals surface area contributed by atoms with Crippen LogP contribution in [-0.4, -0.2) is 22.7 Å². The molecule has 1 aliphatic carbocycles. The summed E-state index contributed by atoms with van der Waals surface area (Å²) in [6.45, 7) is 6.45. The number of aliphatic carboxylic acids is 1. The van der Waals surface area contributed by atoms with E-state index in [4.69, 9.17) is 9.15 Å². The van der Waals surface area contributed by atoms with Crippen LogP contribution in [0.5, 0.6) is 5.75 Å². The van der Waals surface area contributed by atoms with E-state index in [1.54, 1.807) is 0 Å². The molecule has 1 heterocycles. The third-order valence-corrected chi connectivity index (χ3v) is 6.28. The predicted octanol–water partition coefficient (Wildman–Crippen LogP) is 5.72. The molecule has 5 nitrogen and oxygen atoms in total. The maximum atomic E-state index is 11.6. The number of hydrogen-bond acceptors (Lipinski definition) is 4. The van der Waals surface area contributed by atoms with Gasteiger partial charge in [0.15, 0.2) is 0 Å². The van der Waals surface area contributed by atoms with E-state index < -0.39 is 5.97 Å². The molecule has 0 amide bonds. The number of aryl methyl sites for hydroxylation is 3. The van der Waals surface area contributed by atoms with Crippen molar-refractivity contribution >= 4 is 5.97 Å². The fourth-order valence-corrected chi connectivity index (χ4v) is 4.51. The van der Waals surface area contributed by atoms with E-state index in [9.17, 15) is 9.90 Å². The molecule has 162 valence electrons. The molecule has 1 aromatic heterocycles. The van der Waals surface area contributed by atoms with Gasteiger partial charge in [0.25, 0.3) is 0 Å². The summed E-state index contributed by atoms with van der Waals surface area (Å²) in [7, 11) is 0. The molecule has 4 rings (SSSR count). The summed E-state index contributed by atoms with van der Waals surface area (Å²) in [5.41, 5.74) is 5.46. The molecule has 5 heteroatoms. The molecule has 0 radical (unpaired) electrons. The smallest absolute Gasteiger partial charge is 0.307 e. The standard InChI is InChI=1S/C26H29NO4/c1-4-21(26(28)29)23-11-9-19-15-20(10-12-22(19)23)30-14-13-24-17(3)31-25(27-24)18-7-5-16(2)6-8-18/h5-8,10,12,15,21,23H,4,9,11,13-14H2,1-3H3,(H,28,29)/t21?,23-/m0/s1. The van der Waals surface area contributed by atoms with Gasteiger partial charge in [-0.15, -0.1) is 0 Å². The quantitative estimate of drug-likeness (QED) is 0.505. The van der Waals surface area contributed by atoms with E-state index in [0.717, 1.165) is 41.2 Å². The molecule has 0 saturated heterocycles. The Morgan fingerprint density at radius 1 is 1.23 bits per heavy atom. The van der Waals surface area contributed by atoms with Gasteiger partial charge in [0.2, 0.25) is 5.89 Å². The van der Waals surface area contributed by atoms with Gasteiger partial charge in [-0.3, -0.25) is 4.79 Å². The van der Waals surface area contributed by atoms with Crippen LogP contribution in [0.15, 0.2) is 46.9 Å². The second-order valence-corrected chi connectivity index (χ2v) is 8.35. The number of hydrogen-bond donors (Lipinski definition) is 1. The van der Waals surface area contributed by atoms with Gasteiger partial charge < -0.3 is 14.3 Å². The van der Waals surface area contributed by atoms with Crippen LogP contribution in [0.1, 0.15) is 53.8 Å². The summed E-state index contributed by atoms with van der Waals surface area (Å²) in [6.07, 6.45) is 3.12. The Balaban J connectivity index is 1.39. The Morgan fingerprint density at radius 3 is 2.71 bits per heavy atom. The number of carbonyl (C=O) groups is 1. The predicted molar refractivity (Wildman–Crippen MR) is 120 cm³/mol. The molecule has 0 bridgehead atoms. The van der Waals surface area contributed by atoms with Crippen LogP contribution in [0, 0.1) is 19.8 Å². The Morgan fingerprint density at radius 2 is 2.00 bits per heavy atom. The van der Waals surface area contributed by atoms with E-state index in [-0.39, 0.29) is 11.8 Å². The molecular weight excluding hydrogens is 390 g/mol. The number of ether oxygens (including phenoxy) is 1. The summed E-state index contributed by atoms with van der Waals surface area (Å²) in [5.74, 6) is 1.36. The molecule has 2 atom stereocenters. The number of rotatable bonds is 8. The van der Waals surface area contributed by atoms with Gasteiger partial charge in [-0.1, -0.05) is 30.7 Å². The third-order valence-electron chi connectivity index (χ3n) is 6.28. The summed E-state index contributed by atoms with van der Waals surface area (Å²) >= 11 is 0. The summed E-state index contributed by atoms with van der Waals surface area (Å²) in [4.78, 5) is 16.2. The van der Waals surface area contributed by atoms with Gasteiger partial charge in [0, 0.05) is 12.0 Å². The molecule has 1 aliphatic rings. The number of nitrogens with zero attached hydrogens (tertiary/aromatic N) is 1. The number of carboxylic acid groups (broad SMARTS) is 1. The fourth-order valence-electron chi connectivity index (χ4n) is 4.51. The minimum absolute atomic E-state index is 0.101. The van der Waals surface area contributed by atoms with Crippen molar-refractivity contribution in [2.45, 2.75) is 52.4 Å². The lowest BCUT2D eigenvalue weighted by atomic mass is 9.85. The van der Waals surface area contributed by atoms with E-state index in [2.05, 4.69) is 30.1 Å². The summed E-state index contributed by atoms with van der Waals surface area (Å²) < 4.78 is 11.8. The second kappa shape index (κ2) is 8.96. The number of carboxylic acids is 1. The number of fused-ring (bicyclic) bond motifs is 1. The van der Waals surface area contributed by atoms with Crippen LogP contribution in [0.2, 0.25) is 0 Å². The summed E-state index contributed by atoms with van der Waals surface area (Å²) in [5, 5.41) is 9.51. The van der Waals surface area contributed by atoms with Crippen LogP contribution in [0.25, 0.3) is 11.5 Å². The van der Waals surface area contributed by atoms with Crippen molar-refractivity contribution in [3.8, 4) is 17.2 Å². The lowest BCUT2D eigenvalue weighted by Crippen LogP contribution is -2.19. The Hall–Kier alpha value is -3.08. The van der Waals surface area contributed by atoms with Crippen molar-refractivity contribution in [1.82, 2.24) is 4.98 Å². The minimum atomic E-state index is -0.700. The van der Waals surface area contributed by atoms with Gasteiger partial charge in [0.05, 0.1) is 18.2 Å². The molecule has 2 aromatic carbocycles. The van der Waals surface area contributed by atoms with Crippen molar-refractivity contribution in [1.29, 1.82) is 0 Å². The van der Waals surface area contributed by atoms with E-state index in [1.807, 2.05) is 38.1 Å². The van der Waals surface area contributed by atoms with Gasteiger partial charge in [-0.05, 0) is 74.4 Å². The first-order valence-corrected chi connectivity index (χ1v) is 11.0. The highest BCUT2D eigenvalue weighted by Crippen LogP contribution is 2.41. The molecule has 0 fully saturated rings. The minimum Gasteiger partial charge on any atom is -0.493 e. The first-order valence-electron chi connectivity index (χ1n) is 11.0. The van der Waals surface area contributed by atoms with Crippen molar-refractivity contribution in [2.75, 3.05) is 6.61 Å². The van der Waals surface area contributed by atoms with Crippen molar-refractivity contribution in [3.05, 3.63) is 70.6 Å². The second-order valence-electron chi connectivity index (χ2n) is 8.35. The zero-order chi connectivity index (χ0) is 22.0. The van der Waals surface area contributed by atoms with Gasteiger partial charge >= 0.3 is 5.97 Å². The zero-order valence-electron chi connectivity index (χ0n) is 18.4. The molecular formula is C26H29NO4. The zero-order valence-corrected chi connectivity index (χ0v) is 18.4. The molecule has 31 heavy (non-hydrogen) atoms. The number of aromatic nitrogens is 1. The Labute approximate surface area is 183 Å². The fraction of sp³-hybridized carbons (Fsp3) is 0.385. The first-order chi connectivity index (χ1) is 15.0. The van der Waals surface area contributed by atoms with Crippen LogP contribution >= 0.6 is 0 Å². The van der Waals surface area contributed by atoms with Crippen LogP contribution in [-0.2, 0) is 17.6 Å². The van der Waals surface area contributed by atoms with E-state index in [1.165, 1.54) is 11.1 Å². The molecule has 0 saturated carbocycles. The van der Waals surface area contributed by atoms with Crippen molar-refractivity contribution in [2.24, 2.45) is 5.92 Å². The molecule has 0 spiro atoms. The highest BCUT2D eigenvalue weighted by molar-refractivity contribution is 5.72. The molecule has 1 unspecified atom stereocenters. The highest BCUT2D eigenvalue weighted by Gasteiger charge is 2.33. The van der Waals surface area contributed by atoms with Gasteiger partial charge in [0.1, 0.15) is 11.5 Å². The molecule has 0 aliphatic heterocycles. The molecule has 1 N–H and O–H groups in total. The van der Waals surface area contributed by atoms with E-state index >= 15 is 0 Å². The van der Waals surface area contributed by atoms with Crippen LogP contribution in [0.3, 0.4) is 0 Å². The third kappa shape index (κ3) is 4.50. The van der Waals surface area contributed by atoms with Gasteiger partial charge in [-0.2, -0.15) is 0 Å². The van der Waals surface area contributed by atoms with E-state index in [0.29, 0.717) is 25.3 Å². The van der Waals surface area contributed by atoms with Crippen LogP contribution < -0.4 is 4.74 Å². The first kappa shape index (κ1) is 21.2. The number of oxazole rings is 1. The highest BCUT2D eigenvalue weighted by atomic mass is 16.5. The maximum absolute atomic E-state index is 11.6. The Kier molecular flexibility index (Phi) is 6.12. The normalized spacial score (nSPS) is 16.2. The Bertz CT molecular complexity index is 1070. The molecule has 3 aromatic rings. The summed E-state index contributed by atoms with van der Waals surface area (Å²) in [6, 6.07) is 14.2. The average Bonchev–Trinajstić information content (AvgIpc) is 3.32. The SMILES string of the molecule is CCC(C(=O)O)[C@@H]1CCc2cc(OCCc3nc(-c4ccc(C)cc4)oc3C)ccc21. The van der Waals surface area contributed by atoms with Crippen LogP contribution in [0.4, 0.5) is 0 Å². The van der Waals surface area contributed by atoms with Crippen molar-refractivity contribution < 1.29 is 19.1 Å². The van der Waals surface area contributed by atoms with Gasteiger partial charge in [-0.25, -0.2) is 4.98 Å². The average molecular weight is 420 g/mol. The lowest BCUT2D eigenvalue weighted by Gasteiger charge is -2.19.